The lowest BCUT2D eigenvalue weighted by atomic mass is 9.97. The molecule has 49 heavy (non-hydrogen) atoms. The Bertz CT molecular complexity index is 2150. The van der Waals surface area contributed by atoms with Gasteiger partial charge in [-0.25, -0.2) is 4.98 Å². The lowest BCUT2D eigenvalue weighted by molar-refractivity contribution is -0.0507. The van der Waals surface area contributed by atoms with Crippen LogP contribution in [0.1, 0.15) is 77.6 Å². The van der Waals surface area contributed by atoms with Crippen molar-refractivity contribution in [2.24, 2.45) is 5.92 Å². The quantitative estimate of drug-likeness (QED) is 0.134. The minimum absolute atomic E-state index is 0.0138. The highest BCUT2D eigenvalue weighted by Crippen LogP contribution is 2.50. The first-order chi connectivity index (χ1) is 24.7. The van der Waals surface area contributed by atoms with Gasteiger partial charge in [0.25, 0.3) is 14.2 Å². The van der Waals surface area contributed by atoms with Crippen molar-refractivity contribution in [3.8, 4) is 17.6 Å². The van der Waals surface area contributed by atoms with Crippen LogP contribution in [0.15, 0.2) is 97.1 Å². The van der Waals surface area contributed by atoms with Gasteiger partial charge in [-0.1, -0.05) is 99.3 Å². The monoisotopic (exact) mass is 678 g/mol. The van der Waals surface area contributed by atoms with E-state index in [1.54, 1.807) is 0 Å². The number of rotatable bonds is 7. The van der Waals surface area contributed by atoms with E-state index >= 15 is 0 Å². The number of fused-ring (bicyclic) bond motifs is 9. The maximum atomic E-state index is 13.7. The molecule has 0 N–H and O–H groups in total. The minimum atomic E-state index is -3.13. The zero-order valence-corrected chi connectivity index (χ0v) is 28.8. The fourth-order valence-corrected chi connectivity index (χ4v) is 12.1. The molecule has 4 aromatic carbocycles. The molecular formula is C40H39F2N3O3Si. The molecule has 3 atom stereocenters. The van der Waals surface area contributed by atoms with Crippen LogP contribution >= 0.6 is 0 Å². The highest BCUT2D eigenvalue weighted by Gasteiger charge is 2.50. The summed E-state index contributed by atoms with van der Waals surface area (Å²) in [4.78, 5) is 19.4. The topological polar surface area (TPSA) is 56.6 Å². The van der Waals surface area contributed by atoms with E-state index in [-0.39, 0.29) is 34.3 Å². The van der Waals surface area contributed by atoms with Crippen LogP contribution in [0, 0.1) is 17.8 Å². The first-order valence-corrected chi connectivity index (χ1v) is 18.3. The number of imidazole rings is 1. The number of carbonyl (C=O) groups excluding carboxylic acids is 1. The molecule has 1 aromatic heterocycles. The van der Waals surface area contributed by atoms with Crippen LogP contribution in [0.4, 0.5) is 8.78 Å². The molecule has 0 radical (unpaired) electrons. The summed E-state index contributed by atoms with van der Waals surface area (Å²) >= 11 is 0. The van der Waals surface area contributed by atoms with Gasteiger partial charge in [0, 0.05) is 46.7 Å². The summed E-state index contributed by atoms with van der Waals surface area (Å²) in [7, 11) is -2.75. The molecule has 0 aliphatic carbocycles. The standard InChI is InChI=1S/C40H39F2N3O3Si/c1-26(25-47-49(40(2,3)4,28-13-8-6-9-14-28)29-15-10-7-11-16-29)19-20-27-21-22-31-32(23-27)45-33-24-34(37(45)43-31)44(5)38(46)30-17-12-18-35(36(30)33)48-39(41)42/h6-18,21-23,26,33-34,39H,24-25H2,1-5H3/t26?,33-,34-/m1/s1/i5D3. The van der Waals surface area contributed by atoms with Crippen molar-refractivity contribution in [3.63, 3.8) is 0 Å². The second kappa shape index (κ2) is 12.6. The van der Waals surface area contributed by atoms with E-state index in [0.29, 0.717) is 29.0 Å². The summed E-state index contributed by atoms with van der Waals surface area (Å²) in [6, 6.07) is 29.1. The third-order valence-electron chi connectivity index (χ3n) is 9.58. The average Bonchev–Trinajstić information content (AvgIpc) is 3.60. The van der Waals surface area contributed by atoms with Gasteiger partial charge in [0.1, 0.15) is 11.6 Å². The maximum Gasteiger partial charge on any atom is 0.387 e. The molecule has 2 aliphatic rings. The van der Waals surface area contributed by atoms with Gasteiger partial charge in [0.05, 0.1) is 23.1 Å². The van der Waals surface area contributed by atoms with Crippen LogP contribution in [-0.4, -0.2) is 48.9 Å². The Kier molecular flexibility index (Phi) is 7.49. The Hall–Kier alpha value is -4.78. The molecular weight excluding hydrogens is 637 g/mol. The van der Waals surface area contributed by atoms with Gasteiger partial charge >= 0.3 is 6.61 Å². The fourth-order valence-electron chi connectivity index (χ4n) is 7.45. The van der Waals surface area contributed by atoms with Crippen molar-refractivity contribution >= 4 is 35.6 Å². The van der Waals surface area contributed by atoms with Crippen LogP contribution in [0.5, 0.6) is 5.75 Å². The molecule has 6 nitrogen and oxygen atoms in total. The molecule has 0 saturated carbocycles. The third-order valence-corrected chi connectivity index (χ3v) is 14.6. The Morgan fingerprint density at radius 2 is 1.67 bits per heavy atom. The normalized spacial score (nSPS) is 18.9. The van der Waals surface area contributed by atoms with Crippen LogP contribution in [-0.2, 0) is 4.43 Å². The Morgan fingerprint density at radius 1 is 0.980 bits per heavy atom. The van der Waals surface area contributed by atoms with Crippen molar-refractivity contribution in [2.75, 3.05) is 13.6 Å². The van der Waals surface area contributed by atoms with Gasteiger partial charge in [-0.15, -0.1) is 0 Å². The Balaban J connectivity index is 1.25. The molecule has 5 aromatic rings. The highest BCUT2D eigenvalue weighted by molar-refractivity contribution is 6.99. The molecule has 0 spiro atoms. The lowest BCUT2D eigenvalue weighted by Crippen LogP contribution is -2.66. The van der Waals surface area contributed by atoms with Crippen molar-refractivity contribution < 1.29 is 26.9 Å². The molecule has 9 heteroatoms. The van der Waals surface area contributed by atoms with Gasteiger partial charge < -0.3 is 18.6 Å². The van der Waals surface area contributed by atoms with Gasteiger partial charge in [-0.05, 0) is 52.7 Å². The summed E-state index contributed by atoms with van der Waals surface area (Å²) < 4.78 is 65.8. The van der Waals surface area contributed by atoms with Crippen molar-refractivity contribution in [1.82, 2.24) is 14.5 Å². The van der Waals surface area contributed by atoms with E-state index in [4.69, 9.17) is 18.3 Å². The summed E-state index contributed by atoms with van der Waals surface area (Å²) in [5.41, 5.74) is 2.16. The highest BCUT2D eigenvalue weighted by atomic mass is 28.4. The van der Waals surface area contributed by atoms with E-state index in [2.05, 4.69) is 81.1 Å². The zero-order valence-electron chi connectivity index (χ0n) is 30.8. The van der Waals surface area contributed by atoms with Gasteiger partial charge in [-0.2, -0.15) is 8.78 Å². The predicted octanol–water partition coefficient (Wildman–Crippen LogP) is 7.32. The molecule has 7 rings (SSSR count). The molecule has 3 heterocycles. The number of hydrogen-bond donors (Lipinski definition) is 0. The Morgan fingerprint density at radius 3 is 2.31 bits per heavy atom. The number of benzene rings is 4. The van der Waals surface area contributed by atoms with Crippen molar-refractivity contribution in [3.05, 3.63) is 120 Å². The summed E-state index contributed by atoms with van der Waals surface area (Å²) in [6.07, 6.45) is 0.144. The second-order valence-electron chi connectivity index (χ2n) is 13.7. The van der Waals surface area contributed by atoms with Gasteiger partial charge in [-0.3, -0.25) is 4.79 Å². The summed E-state index contributed by atoms with van der Waals surface area (Å²) in [6.45, 7) is 3.22. The number of ether oxygens (including phenoxy) is 1. The molecule has 250 valence electrons. The smallest absolute Gasteiger partial charge is 0.387 e. The number of hydrogen-bond acceptors (Lipinski definition) is 4. The van der Waals surface area contributed by atoms with Crippen LogP contribution in [0.2, 0.25) is 5.04 Å². The maximum absolute atomic E-state index is 13.7. The van der Waals surface area contributed by atoms with E-state index in [1.807, 2.05) is 41.8 Å². The molecule has 0 saturated heterocycles. The minimum Gasteiger partial charge on any atom is -0.434 e. The first-order valence-electron chi connectivity index (χ1n) is 17.9. The zero-order chi connectivity index (χ0) is 37.0. The van der Waals surface area contributed by atoms with Crippen LogP contribution in [0.25, 0.3) is 11.0 Å². The molecule has 1 amide bonds. The number of halogens is 2. The summed E-state index contributed by atoms with van der Waals surface area (Å²) in [5.74, 6) is 5.98. The Labute approximate surface area is 291 Å². The van der Waals surface area contributed by atoms with Crippen LogP contribution < -0.4 is 15.1 Å². The fraction of sp³-hybridized carbons (Fsp3) is 0.300. The predicted molar refractivity (Wildman–Crippen MR) is 190 cm³/mol. The second-order valence-corrected chi connectivity index (χ2v) is 18.0. The third kappa shape index (κ3) is 5.63. The average molecular weight is 679 g/mol. The number of amides is 1. The lowest BCUT2D eigenvalue weighted by Gasteiger charge is -2.43. The summed E-state index contributed by atoms with van der Waals surface area (Å²) in [5, 5.41) is 2.21. The van der Waals surface area contributed by atoms with Gasteiger partial charge in [0.2, 0.25) is 0 Å². The van der Waals surface area contributed by atoms with Gasteiger partial charge in [0.15, 0.2) is 0 Å². The largest absolute Gasteiger partial charge is 0.434 e. The number of carbonyl (C=O) groups is 1. The molecule has 2 aliphatic heterocycles. The number of alkyl halides is 2. The van der Waals surface area contributed by atoms with Crippen LogP contribution in [0.3, 0.4) is 0 Å². The van der Waals surface area contributed by atoms with Crippen molar-refractivity contribution in [2.45, 2.75) is 57.8 Å². The molecule has 0 fully saturated rings. The SMILES string of the molecule is [2H]C([2H])([2H])N1C(=O)c2cccc(OC(F)F)c2[C@H]2C[C@@H]1c1nc3ccc(C#CC(C)CO[Si](c4ccccc4)(c4ccccc4)C(C)(C)C)cc3n12. The van der Waals surface area contributed by atoms with E-state index in [9.17, 15) is 13.6 Å². The van der Waals surface area contributed by atoms with E-state index in [1.165, 1.54) is 28.6 Å². The molecule has 2 bridgehead atoms. The van der Waals surface area contributed by atoms with E-state index < -0.39 is 39.9 Å². The van der Waals surface area contributed by atoms with Crippen molar-refractivity contribution in [1.29, 1.82) is 0 Å². The molecule has 1 unspecified atom stereocenters. The number of aromatic nitrogens is 2. The first kappa shape index (κ1) is 29.2. The number of nitrogens with zero attached hydrogens (tertiary/aromatic N) is 3. The van der Waals surface area contributed by atoms with E-state index in [0.717, 1.165) is 4.90 Å².